The number of anilines is 1. The van der Waals surface area contributed by atoms with E-state index in [-0.39, 0.29) is 5.91 Å². The molecule has 1 fully saturated rings. The number of aromatic nitrogens is 1. The summed E-state index contributed by atoms with van der Waals surface area (Å²) in [5.41, 5.74) is 2.80. The zero-order valence-corrected chi connectivity index (χ0v) is 17.6. The van der Waals surface area contributed by atoms with Crippen LogP contribution in [0.2, 0.25) is 0 Å². The molecule has 30 heavy (non-hydrogen) atoms. The Labute approximate surface area is 178 Å². The quantitative estimate of drug-likeness (QED) is 0.437. The maximum atomic E-state index is 11.4. The topological polar surface area (TPSA) is 116 Å². The minimum Gasteiger partial charge on any atom is -0.465 e. The molecule has 0 saturated carbocycles. The van der Waals surface area contributed by atoms with Crippen molar-refractivity contribution in [2.24, 2.45) is 4.99 Å². The van der Waals surface area contributed by atoms with E-state index >= 15 is 0 Å². The van der Waals surface area contributed by atoms with Crippen LogP contribution in [-0.4, -0.2) is 59.6 Å². The predicted molar refractivity (Wildman–Crippen MR) is 116 cm³/mol. The van der Waals surface area contributed by atoms with Gasteiger partial charge in [-0.05, 0) is 30.5 Å². The minimum absolute atomic E-state index is 0.123. The van der Waals surface area contributed by atoms with E-state index in [0.717, 1.165) is 63.3 Å². The summed E-state index contributed by atoms with van der Waals surface area (Å²) in [6, 6.07) is 7.62. The van der Waals surface area contributed by atoms with Gasteiger partial charge in [0.1, 0.15) is 0 Å². The van der Waals surface area contributed by atoms with Crippen LogP contribution in [-0.2, 0) is 28.9 Å². The molecule has 2 aromatic rings. The van der Waals surface area contributed by atoms with Crippen molar-refractivity contribution in [1.82, 2.24) is 15.2 Å². The first kappa shape index (κ1) is 21.9. The highest BCUT2D eigenvalue weighted by molar-refractivity contribution is 7.15. The Morgan fingerprint density at radius 2 is 2.00 bits per heavy atom. The van der Waals surface area contributed by atoms with E-state index in [9.17, 15) is 9.59 Å². The molecular weight excluding hydrogens is 406 g/mol. The van der Waals surface area contributed by atoms with Crippen LogP contribution in [0.5, 0.6) is 0 Å². The molecule has 2 heterocycles. The van der Waals surface area contributed by atoms with Gasteiger partial charge < -0.3 is 15.2 Å². The van der Waals surface area contributed by atoms with E-state index in [4.69, 9.17) is 9.84 Å². The highest BCUT2D eigenvalue weighted by Crippen LogP contribution is 2.26. The lowest BCUT2D eigenvalue weighted by molar-refractivity contribution is -0.114. The first-order chi connectivity index (χ1) is 14.5. The highest BCUT2D eigenvalue weighted by atomic mass is 32.1. The number of carboxylic acid groups (broad SMARTS) is 1. The molecule has 0 atom stereocenters. The molecule has 1 aliphatic rings. The highest BCUT2D eigenvalue weighted by Gasteiger charge is 2.17. The molecule has 3 N–H and O–H groups in total. The van der Waals surface area contributed by atoms with Crippen LogP contribution < -0.4 is 10.6 Å². The maximum absolute atomic E-state index is 11.4. The van der Waals surface area contributed by atoms with Crippen LogP contribution in [0.15, 0.2) is 29.3 Å². The molecular formula is C20H25N5O4S. The van der Waals surface area contributed by atoms with Gasteiger partial charge in [0.15, 0.2) is 5.13 Å². The first-order valence-electron chi connectivity index (χ1n) is 9.67. The van der Waals surface area contributed by atoms with Crippen molar-refractivity contribution in [3.63, 3.8) is 0 Å². The van der Waals surface area contributed by atoms with Gasteiger partial charge in [-0.1, -0.05) is 12.1 Å². The van der Waals surface area contributed by atoms with Gasteiger partial charge in [-0.15, -0.1) is 11.3 Å². The monoisotopic (exact) mass is 431 g/mol. The van der Waals surface area contributed by atoms with Crippen molar-refractivity contribution >= 4 is 40.5 Å². The molecule has 0 radical (unpaired) electrons. The Morgan fingerprint density at radius 1 is 1.27 bits per heavy atom. The number of rotatable bonds is 8. The summed E-state index contributed by atoms with van der Waals surface area (Å²) in [6.07, 6.45) is 1.56. The number of morpholine rings is 1. The molecule has 2 amide bonds. The predicted octanol–water partition coefficient (Wildman–Crippen LogP) is 2.65. The van der Waals surface area contributed by atoms with Crippen LogP contribution in [0.1, 0.15) is 23.1 Å². The van der Waals surface area contributed by atoms with Crippen LogP contribution >= 0.6 is 11.3 Å². The second-order valence-electron chi connectivity index (χ2n) is 6.83. The summed E-state index contributed by atoms with van der Waals surface area (Å²) in [6.45, 7) is 5.56. The molecule has 160 valence electrons. The van der Waals surface area contributed by atoms with Crippen LogP contribution in [0.4, 0.5) is 15.6 Å². The summed E-state index contributed by atoms with van der Waals surface area (Å²) in [7, 11) is 0. The van der Waals surface area contributed by atoms with Crippen LogP contribution in [0, 0.1) is 0 Å². The van der Waals surface area contributed by atoms with E-state index in [1.807, 2.05) is 24.3 Å². The Kier molecular flexibility index (Phi) is 7.89. The van der Waals surface area contributed by atoms with E-state index < -0.39 is 6.09 Å². The lowest BCUT2D eigenvalue weighted by atomic mass is 10.1. The van der Waals surface area contributed by atoms with Gasteiger partial charge in [0, 0.05) is 31.4 Å². The standard InChI is InChI=1S/C20H25N5O4S/c1-14(26)23-19-24-17(18(30-19)12-25-8-10-29-11-9-25)7-4-15-2-5-16(6-3-15)21-13-22-20(27)28/h2-3,5-6,13H,4,7-12H2,1H3,(H,21,22)(H,27,28)(H,23,24,26). The molecule has 0 aliphatic carbocycles. The molecule has 10 heteroatoms. The number of carbonyl (C=O) groups excluding carboxylic acids is 1. The van der Waals surface area contributed by atoms with E-state index in [1.54, 1.807) is 0 Å². The van der Waals surface area contributed by atoms with Crippen LogP contribution in [0.3, 0.4) is 0 Å². The first-order valence-corrected chi connectivity index (χ1v) is 10.5. The molecule has 9 nitrogen and oxygen atoms in total. The lowest BCUT2D eigenvalue weighted by Crippen LogP contribution is -2.35. The van der Waals surface area contributed by atoms with Gasteiger partial charge in [0.2, 0.25) is 5.91 Å². The zero-order chi connectivity index (χ0) is 21.3. The average molecular weight is 432 g/mol. The zero-order valence-electron chi connectivity index (χ0n) is 16.8. The van der Waals surface area contributed by atoms with Gasteiger partial charge in [-0.25, -0.2) is 14.8 Å². The number of thiazole rings is 1. The molecule has 1 aromatic heterocycles. The number of aliphatic imine (C=N–C) groups is 1. The van der Waals surface area contributed by atoms with Crippen molar-refractivity contribution in [2.45, 2.75) is 26.3 Å². The number of hydrogen-bond donors (Lipinski definition) is 3. The fraction of sp³-hybridized carbons (Fsp3) is 0.400. The fourth-order valence-electron chi connectivity index (χ4n) is 3.04. The SMILES string of the molecule is CC(=O)Nc1nc(CCc2ccc(N=CNC(=O)O)cc2)c(CN2CCOCC2)s1. The second-order valence-corrected chi connectivity index (χ2v) is 7.92. The van der Waals surface area contributed by atoms with E-state index in [1.165, 1.54) is 23.1 Å². The maximum Gasteiger partial charge on any atom is 0.409 e. The third-order valence-electron chi connectivity index (χ3n) is 4.52. The molecule has 1 aliphatic heterocycles. The van der Waals surface area contributed by atoms with Crippen molar-refractivity contribution < 1.29 is 19.4 Å². The van der Waals surface area contributed by atoms with Crippen molar-refractivity contribution in [3.05, 3.63) is 40.4 Å². The number of ether oxygens (including phenoxy) is 1. The normalized spacial score (nSPS) is 14.7. The molecule has 0 spiro atoms. The third kappa shape index (κ3) is 6.90. The fourth-order valence-corrected chi connectivity index (χ4v) is 4.14. The Bertz CT molecular complexity index is 891. The van der Waals surface area contributed by atoms with Crippen LogP contribution in [0.25, 0.3) is 0 Å². The number of carbonyl (C=O) groups is 2. The van der Waals surface area contributed by atoms with Gasteiger partial charge in [-0.2, -0.15) is 0 Å². The Morgan fingerprint density at radius 3 is 2.67 bits per heavy atom. The largest absolute Gasteiger partial charge is 0.465 e. The van der Waals surface area contributed by atoms with Crippen molar-refractivity contribution in [2.75, 3.05) is 31.6 Å². The second kappa shape index (κ2) is 10.8. The summed E-state index contributed by atoms with van der Waals surface area (Å²) >= 11 is 1.53. The number of nitrogens with zero attached hydrogens (tertiary/aromatic N) is 3. The molecule has 3 rings (SSSR count). The lowest BCUT2D eigenvalue weighted by Gasteiger charge is -2.26. The van der Waals surface area contributed by atoms with Gasteiger partial charge in [-0.3, -0.25) is 15.0 Å². The van der Waals surface area contributed by atoms with Crippen molar-refractivity contribution in [3.8, 4) is 0 Å². The Hall–Kier alpha value is -2.82. The number of amides is 2. The average Bonchev–Trinajstić information content (AvgIpc) is 3.08. The van der Waals surface area contributed by atoms with Gasteiger partial charge in [0.05, 0.1) is 30.9 Å². The van der Waals surface area contributed by atoms with Gasteiger partial charge >= 0.3 is 6.09 Å². The smallest absolute Gasteiger partial charge is 0.409 e. The molecule has 1 saturated heterocycles. The summed E-state index contributed by atoms with van der Waals surface area (Å²) < 4.78 is 5.42. The van der Waals surface area contributed by atoms with E-state index in [2.05, 4.69) is 25.5 Å². The molecule has 0 bridgehead atoms. The molecule has 0 unspecified atom stereocenters. The number of nitrogens with one attached hydrogen (secondary N) is 2. The summed E-state index contributed by atoms with van der Waals surface area (Å²) in [5, 5.41) is 14.1. The third-order valence-corrected chi connectivity index (χ3v) is 5.52. The summed E-state index contributed by atoms with van der Waals surface area (Å²) in [5.74, 6) is -0.123. The van der Waals surface area contributed by atoms with E-state index in [0.29, 0.717) is 10.8 Å². The summed E-state index contributed by atoms with van der Waals surface area (Å²) in [4.78, 5) is 34.1. The Balaban J connectivity index is 1.64. The number of aryl methyl sites for hydroxylation is 2. The minimum atomic E-state index is -1.15. The molecule has 1 aromatic carbocycles. The van der Waals surface area contributed by atoms with Crippen molar-refractivity contribution in [1.29, 1.82) is 0 Å². The number of benzene rings is 1. The van der Waals surface area contributed by atoms with Gasteiger partial charge in [0.25, 0.3) is 0 Å². The number of hydrogen-bond acceptors (Lipinski definition) is 7.